The van der Waals surface area contributed by atoms with Crippen molar-refractivity contribution in [1.82, 2.24) is 10.6 Å². The standard InChI is InChI=1S/C23H27F3N2O2/c1-22(23(24,25)26)18-12-17(20(29-2)13-16(18)9-11-30-22)14-28-19-8-10-27-21(19)15-6-4-3-5-7-15/h3-7,12-13,19,21,27-28H,8-11,14H2,1-2H3/t19-,21-,22?/m1/s1. The molecule has 0 saturated carbocycles. The average molecular weight is 420 g/mol. The molecule has 2 aliphatic heterocycles. The second-order valence-electron chi connectivity index (χ2n) is 8.07. The lowest BCUT2D eigenvalue weighted by Gasteiger charge is -2.38. The third kappa shape index (κ3) is 3.82. The lowest BCUT2D eigenvalue weighted by molar-refractivity contribution is -0.281. The Hall–Kier alpha value is -2.09. The van der Waals surface area contributed by atoms with Crippen molar-refractivity contribution in [2.75, 3.05) is 20.3 Å². The molecule has 4 rings (SSSR count). The van der Waals surface area contributed by atoms with Gasteiger partial charge in [-0.2, -0.15) is 13.2 Å². The Balaban J connectivity index is 1.59. The Bertz CT molecular complexity index is 888. The molecular formula is C23H27F3N2O2. The zero-order valence-corrected chi connectivity index (χ0v) is 17.2. The minimum absolute atomic E-state index is 0.0380. The van der Waals surface area contributed by atoms with Crippen LogP contribution in [0.3, 0.4) is 0 Å². The van der Waals surface area contributed by atoms with Gasteiger partial charge in [-0.05, 0) is 55.1 Å². The van der Waals surface area contributed by atoms with Crippen LogP contribution in [0.25, 0.3) is 0 Å². The summed E-state index contributed by atoms with van der Waals surface area (Å²) in [6.07, 6.45) is -3.11. The average Bonchev–Trinajstić information content (AvgIpc) is 3.20. The third-order valence-electron chi connectivity index (χ3n) is 6.26. The van der Waals surface area contributed by atoms with Crippen LogP contribution in [0.4, 0.5) is 13.2 Å². The number of rotatable bonds is 5. The van der Waals surface area contributed by atoms with Crippen molar-refractivity contribution < 1.29 is 22.6 Å². The van der Waals surface area contributed by atoms with Crippen LogP contribution in [0, 0.1) is 0 Å². The zero-order chi connectivity index (χ0) is 21.4. The van der Waals surface area contributed by atoms with E-state index in [1.54, 1.807) is 19.2 Å². The molecule has 1 saturated heterocycles. The molecular weight excluding hydrogens is 393 g/mol. The number of fused-ring (bicyclic) bond motifs is 1. The number of halogens is 3. The molecule has 2 heterocycles. The summed E-state index contributed by atoms with van der Waals surface area (Å²) in [6.45, 7) is 2.45. The van der Waals surface area contributed by atoms with Gasteiger partial charge in [0.05, 0.1) is 13.7 Å². The highest BCUT2D eigenvalue weighted by molar-refractivity contribution is 5.47. The second-order valence-corrected chi connectivity index (χ2v) is 8.07. The van der Waals surface area contributed by atoms with Crippen LogP contribution in [0.15, 0.2) is 42.5 Å². The van der Waals surface area contributed by atoms with Crippen LogP contribution < -0.4 is 15.4 Å². The topological polar surface area (TPSA) is 42.5 Å². The maximum absolute atomic E-state index is 13.8. The smallest absolute Gasteiger partial charge is 0.421 e. The first-order chi connectivity index (χ1) is 14.3. The molecule has 0 aromatic heterocycles. The van der Waals surface area contributed by atoms with Gasteiger partial charge in [0.15, 0.2) is 5.60 Å². The first kappa shape index (κ1) is 21.2. The van der Waals surface area contributed by atoms with Gasteiger partial charge in [-0.1, -0.05) is 30.3 Å². The first-order valence-electron chi connectivity index (χ1n) is 10.3. The van der Waals surface area contributed by atoms with Gasteiger partial charge in [0.1, 0.15) is 5.75 Å². The molecule has 2 aromatic rings. The molecule has 162 valence electrons. The largest absolute Gasteiger partial charge is 0.496 e. The Morgan fingerprint density at radius 1 is 1.23 bits per heavy atom. The van der Waals surface area contributed by atoms with Crippen LogP contribution in [0.5, 0.6) is 5.75 Å². The fourth-order valence-corrected chi connectivity index (χ4v) is 4.50. The fourth-order valence-electron chi connectivity index (χ4n) is 4.50. The molecule has 2 N–H and O–H groups in total. The number of ether oxygens (including phenoxy) is 2. The lowest BCUT2D eigenvalue weighted by Crippen LogP contribution is -2.45. The molecule has 1 unspecified atom stereocenters. The molecule has 3 atom stereocenters. The highest BCUT2D eigenvalue weighted by Crippen LogP contribution is 2.46. The van der Waals surface area contributed by atoms with Crippen LogP contribution in [0.2, 0.25) is 0 Å². The van der Waals surface area contributed by atoms with E-state index in [0.717, 1.165) is 19.9 Å². The van der Waals surface area contributed by atoms with Crippen molar-refractivity contribution in [2.24, 2.45) is 0 Å². The number of hydrogen-bond acceptors (Lipinski definition) is 4. The van der Waals surface area contributed by atoms with Gasteiger partial charge in [-0.3, -0.25) is 0 Å². The highest BCUT2D eigenvalue weighted by atomic mass is 19.4. The van der Waals surface area contributed by atoms with E-state index in [1.165, 1.54) is 5.56 Å². The zero-order valence-electron chi connectivity index (χ0n) is 17.2. The van der Waals surface area contributed by atoms with E-state index in [9.17, 15) is 13.2 Å². The van der Waals surface area contributed by atoms with E-state index >= 15 is 0 Å². The Kier molecular flexibility index (Phi) is 5.79. The molecule has 0 aliphatic carbocycles. The predicted molar refractivity (Wildman–Crippen MR) is 108 cm³/mol. The van der Waals surface area contributed by atoms with E-state index in [0.29, 0.717) is 29.8 Å². The molecule has 4 nitrogen and oxygen atoms in total. The van der Waals surface area contributed by atoms with Crippen molar-refractivity contribution in [3.05, 3.63) is 64.7 Å². The molecule has 7 heteroatoms. The van der Waals surface area contributed by atoms with Crippen LogP contribution >= 0.6 is 0 Å². The summed E-state index contributed by atoms with van der Waals surface area (Å²) in [4.78, 5) is 0. The highest BCUT2D eigenvalue weighted by Gasteiger charge is 2.55. The first-order valence-corrected chi connectivity index (χ1v) is 10.3. The summed E-state index contributed by atoms with van der Waals surface area (Å²) in [6, 6.07) is 13.9. The van der Waals surface area contributed by atoms with E-state index in [2.05, 4.69) is 22.8 Å². The van der Waals surface area contributed by atoms with Gasteiger partial charge in [-0.25, -0.2) is 0 Å². The van der Waals surface area contributed by atoms with Crippen LogP contribution in [0.1, 0.15) is 41.6 Å². The molecule has 2 aliphatic rings. The van der Waals surface area contributed by atoms with Gasteiger partial charge < -0.3 is 20.1 Å². The van der Waals surface area contributed by atoms with Gasteiger partial charge in [0.2, 0.25) is 0 Å². The van der Waals surface area contributed by atoms with E-state index in [4.69, 9.17) is 9.47 Å². The number of alkyl halides is 3. The minimum atomic E-state index is -4.49. The maximum atomic E-state index is 13.8. The molecule has 0 amide bonds. The number of hydrogen-bond donors (Lipinski definition) is 2. The molecule has 0 bridgehead atoms. The summed E-state index contributed by atoms with van der Waals surface area (Å²) < 4.78 is 52.2. The third-order valence-corrected chi connectivity index (χ3v) is 6.26. The summed E-state index contributed by atoms with van der Waals surface area (Å²) in [7, 11) is 1.55. The quantitative estimate of drug-likeness (QED) is 0.760. The van der Waals surface area contributed by atoms with Crippen molar-refractivity contribution >= 4 is 0 Å². The number of benzene rings is 2. The summed E-state index contributed by atoms with van der Waals surface area (Å²) >= 11 is 0. The molecule has 0 radical (unpaired) electrons. The van der Waals surface area contributed by atoms with Crippen LogP contribution in [-0.4, -0.2) is 32.5 Å². The monoisotopic (exact) mass is 420 g/mol. The summed E-state index contributed by atoms with van der Waals surface area (Å²) in [5, 5.41) is 7.04. The van der Waals surface area contributed by atoms with Crippen LogP contribution in [-0.2, 0) is 23.3 Å². The van der Waals surface area contributed by atoms with Gasteiger partial charge in [-0.15, -0.1) is 0 Å². The molecule has 2 aromatic carbocycles. The molecule has 1 fully saturated rings. The Morgan fingerprint density at radius 2 is 2.00 bits per heavy atom. The Labute approximate surface area is 174 Å². The van der Waals surface area contributed by atoms with Crippen molar-refractivity contribution in [3.8, 4) is 5.75 Å². The lowest BCUT2D eigenvalue weighted by atomic mass is 9.85. The fraction of sp³-hybridized carbons (Fsp3) is 0.478. The van der Waals surface area contributed by atoms with E-state index < -0.39 is 11.8 Å². The van der Waals surface area contributed by atoms with Gasteiger partial charge >= 0.3 is 6.18 Å². The second kappa shape index (κ2) is 8.21. The van der Waals surface area contributed by atoms with E-state index in [1.807, 2.05) is 18.2 Å². The van der Waals surface area contributed by atoms with E-state index in [-0.39, 0.29) is 24.3 Å². The summed E-state index contributed by atoms with van der Waals surface area (Å²) in [5.41, 5.74) is 0.413. The van der Waals surface area contributed by atoms with Crippen molar-refractivity contribution in [2.45, 2.75) is 50.2 Å². The molecule has 0 spiro atoms. The number of nitrogens with one attached hydrogen (secondary N) is 2. The maximum Gasteiger partial charge on any atom is 0.421 e. The molecule has 30 heavy (non-hydrogen) atoms. The SMILES string of the molecule is COc1cc2c(cc1CN[C@@H]1CCN[C@@H]1c1ccccc1)C(C)(C(F)(F)F)OCC2. The predicted octanol–water partition coefficient (Wildman–Crippen LogP) is 4.24. The van der Waals surface area contributed by atoms with Gasteiger partial charge in [0.25, 0.3) is 0 Å². The minimum Gasteiger partial charge on any atom is -0.496 e. The normalized spacial score (nSPS) is 26.4. The van der Waals surface area contributed by atoms with Crippen molar-refractivity contribution in [3.63, 3.8) is 0 Å². The Morgan fingerprint density at radius 3 is 2.70 bits per heavy atom. The summed E-state index contributed by atoms with van der Waals surface area (Å²) in [5.74, 6) is 0.606. The van der Waals surface area contributed by atoms with Crippen molar-refractivity contribution in [1.29, 1.82) is 0 Å². The van der Waals surface area contributed by atoms with Gasteiger partial charge in [0, 0.05) is 24.2 Å². The number of methoxy groups -OCH3 is 1.